The van der Waals surface area contributed by atoms with Crippen LogP contribution in [0.2, 0.25) is 0 Å². The SMILES string of the molecule is COc1cc(CNCCc2cscn2)ccc1OCC(O)CN1CCCCCC1. The van der Waals surface area contributed by atoms with Crippen molar-refractivity contribution in [3.05, 3.63) is 40.3 Å². The second-order valence-electron chi connectivity index (χ2n) is 7.57. The average molecular weight is 420 g/mol. The molecule has 0 spiro atoms. The number of likely N-dealkylation sites (tertiary alicyclic amines) is 1. The molecule has 2 aromatic rings. The van der Waals surface area contributed by atoms with Gasteiger partial charge in [-0.15, -0.1) is 11.3 Å². The van der Waals surface area contributed by atoms with Crippen LogP contribution in [0.15, 0.2) is 29.1 Å². The summed E-state index contributed by atoms with van der Waals surface area (Å²) < 4.78 is 11.4. The lowest BCUT2D eigenvalue weighted by Crippen LogP contribution is -2.36. The third-order valence-corrected chi connectivity index (χ3v) is 5.83. The van der Waals surface area contributed by atoms with Gasteiger partial charge in [-0.3, -0.25) is 0 Å². The smallest absolute Gasteiger partial charge is 0.161 e. The van der Waals surface area contributed by atoms with Crippen LogP contribution in [0, 0.1) is 0 Å². The summed E-state index contributed by atoms with van der Waals surface area (Å²) in [5.74, 6) is 1.37. The maximum atomic E-state index is 10.4. The maximum absolute atomic E-state index is 10.4. The zero-order chi connectivity index (χ0) is 20.3. The van der Waals surface area contributed by atoms with Gasteiger partial charge in [0.25, 0.3) is 0 Å². The van der Waals surface area contributed by atoms with E-state index in [1.54, 1.807) is 18.4 Å². The number of aliphatic hydroxyl groups excluding tert-OH is 1. The lowest BCUT2D eigenvalue weighted by Gasteiger charge is -2.23. The molecule has 0 aliphatic carbocycles. The van der Waals surface area contributed by atoms with Crippen molar-refractivity contribution in [2.24, 2.45) is 0 Å². The van der Waals surface area contributed by atoms with Crippen LogP contribution in [0.5, 0.6) is 11.5 Å². The highest BCUT2D eigenvalue weighted by atomic mass is 32.1. The Bertz CT molecular complexity index is 703. The van der Waals surface area contributed by atoms with Crippen LogP contribution in [-0.4, -0.2) is 61.0 Å². The van der Waals surface area contributed by atoms with Crippen LogP contribution < -0.4 is 14.8 Å². The Balaban J connectivity index is 1.42. The molecular weight excluding hydrogens is 386 g/mol. The molecule has 1 unspecified atom stereocenters. The number of benzene rings is 1. The van der Waals surface area contributed by atoms with Crippen LogP contribution in [-0.2, 0) is 13.0 Å². The quantitative estimate of drug-likeness (QED) is 0.546. The number of rotatable bonds is 11. The first-order valence-corrected chi connectivity index (χ1v) is 11.5. The maximum Gasteiger partial charge on any atom is 0.161 e. The molecule has 2 heterocycles. The molecule has 0 saturated carbocycles. The number of thiazole rings is 1. The van der Waals surface area contributed by atoms with Crippen molar-refractivity contribution >= 4 is 11.3 Å². The fraction of sp³-hybridized carbons (Fsp3) is 0.591. The van der Waals surface area contributed by atoms with Crippen molar-refractivity contribution in [1.82, 2.24) is 15.2 Å². The molecule has 7 heteroatoms. The second kappa shape index (κ2) is 12.1. The van der Waals surface area contributed by atoms with Gasteiger partial charge >= 0.3 is 0 Å². The number of aromatic nitrogens is 1. The van der Waals surface area contributed by atoms with E-state index < -0.39 is 6.10 Å². The summed E-state index contributed by atoms with van der Waals surface area (Å²) in [6, 6.07) is 5.95. The van der Waals surface area contributed by atoms with Crippen LogP contribution >= 0.6 is 11.3 Å². The van der Waals surface area contributed by atoms with E-state index in [0.717, 1.165) is 43.9 Å². The van der Waals surface area contributed by atoms with Gasteiger partial charge in [0, 0.05) is 31.4 Å². The summed E-state index contributed by atoms with van der Waals surface area (Å²) in [5.41, 5.74) is 4.13. The van der Waals surface area contributed by atoms with Crippen molar-refractivity contribution in [1.29, 1.82) is 0 Å². The molecule has 1 aliphatic heterocycles. The third-order valence-electron chi connectivity index (χ3n) is 5.20. The van der Waals surface area contributed by atoms with E-state index in [1.165, 1.54) is 25.7 Å². The molecule has 160 valence electrons. The molecule has 1 aromatic heterocycles. The Morgan fingerprint density at radius 2 is 2.03 bits per heavy atom. The molecule has 1 aromatic carbocycles. The van der Waals surface area contributed by atoms with Gasteiger partial charge in [0.2, 0.25) is 0 Å². The second-order valence-corrected chi connectivity index (χ2v) is 8.29. The van der Waals surface area contributed by atoms with Crippen LogP contribution in [0.3, 0.4) is 0 Å². The number of β-amino-alcohol motifs (C(OH)–C–C–N with tert-alkyl or cyclic N) is 1. The Kier molecular flexibility index (Phi) is 9.21. The van der Waals surface area contributed by atoms with Gasteiger partial charge in [-0.05, 0) is 43.6 Å². The molecule has 1 fully saturated rings. The molecule has 1 saturated heterocycles. The lowest BCUT2D eigenvalue weighted by molar-refractivity contribution is 0.0683. The van der Waals surface area contributed by atoms with Gasteiger partial charge in [-0.2, -0.15) is 0 Å². The van der Waals surface area contributed by atoms with Gasteiger partial charge in [0.1, 0.15) is 12.7 Å². The number of ether oxygens (including phenoxy) is 2. The Labute approximate surface area is 177 Å². The van der Waals surface area contributed by atoms with E-state index in [1.807, 2.05) is 23.7 Å². The van der Waals surface area contributed by atoms with Gasteiger partial charge < -0.3 is 24.8 Å². The highest BCUT2D eigenvalue weighted by Gasteiger charge is 2.15. The molecule has 29 heavy (non-hydrogen) atoms. The normalized spacial score (nSPS) is 16.3. The van der Waals surface area contributed by atoms with Gasteiger partial charge in [-0.25, -0.2) is 4.98 Å². The van der Waals surface area contributed by atoms with E-state index >= 15 is 0 Å². The summed E-state index contributed by atoms with van der Waals surface area (Å²) in [4.78, 5) is 6.64. The van der Waals surface area contributed by atoms with Crippen LogP contribution in [0.4, 0.5) is 0 Å². The molecule has 1 aliphatic rings. The summed E-state index contributed by atoms with van der Waals surface area (Å²) >= 11 is 1.63. The highest BCUT2D eigenvalue weighted by molar-refractivity contribution is 7.07. The predicted octanol–water partition coefficient (Wildman–Crippen LogP) is 3.10. The van der Waals surface area contributed by atoms with Crippen LogP contribution in [0.1, 0.15) is 36.9 Å². The monoisotopic (exact) mass is 419 g/mol. The molecular formula is C22H33N3O3S. The van der Waals surface area contributed by atoms with E-state index in [2.05, 4.69) is 20.6 Å². The molecule has 0 radical (unpaired) electrons. The Hall–Kier alpha value is -1.67. The summed E-state index contributed by atoms with van der Waals surface area (Å²) in [6.07, 6.45) is 5.47. The third kappa shape index (κ3) is 7.59. The summed E-state index contributed by atoms with van der Waals surface area (Å²) in [5, 5.41) is 15.9. The number of hydrogen-bond donors (Lipinski definition) is 2. The molecule has 0 amide bonds. The van der Waals surface area contributed by atoms with Crippen molar-refractivity contribution in [2.75, 3.05) is 39.9 Å². The van der Waals surface area contributed by atoms with E-state index in [-0.39, 0.29) is 6.61 Å². The first kappa shape index (κ1) is 22.0. The zero-order valence-electron chi connectivity index (χ0n) is 17.3. The Morgan fingerprint density at radius 3 is 2.76 bits per heavy atom. The molecule has 6 nitrogen and oxygen atoms in total. The first-order chi connectivity index (χ1) is 14.2. The van der Waals surface area contributed by atoms with Crippen molar-refractivity contribution in [3.8, 4) is 11.5 Å². The average Bonchev–Trinajstić information content (AvgIpc) is 3.13. The number of nitrogens with one attached hydrogen (secondary N) is 1. The standard InChI is InChI=1S/C22H33N3O3S/c1-27-22-12-18(13-23-9-8-19-16-29-17-24-19)6-7-21(22)28-15-20(26)14-25-10-4-2-3-5-11-25/h6-7,12,16-17,20,23,26H,2-5,8-11,13-15H2,1H3. The van der Waals surface area contributed by atoms with Gasteiger partial charge in [0.05, 0.1) is 18.3 Å². The number of methoxy groups -OCH3 is 1. The minimum atomic E-state index is -0.495. The first-order valence-electron chi connectivity index (χ1n) is 10.5. The Morgan fingerprint density at radius 1 is 1.21 bits per heavy atom. The minimum absolute atomic E-state index is 0.276. The lowest BCUT2D eigenvalue weighted by atomic mass is 10.2. The van der Waals surface area contributed by atoms with Crippen molar-refractivity contribution in [2.45, 2.75) is 44.8 Å². The zero-order valence-corrected chi connectivity index (χ0v) is 18.1. The fourth-order valence-electron chi connectivity index (χ4n) is 3.61. The highest BCUT2D eigenvalue weighted by Crippen LogP contribution is 2.28. The summed E-state index contributed by atoms with van der Waals surface area (Å²) in [6.45, 7) is 4.74. The minimum Gasteiger partial charge on any atom is -0.493 e. The topological polar surface area (TPSA) is 66.8 Å². The number of aliphatic hydroxyl groups is 1. The van der Waals surface area contributed by atoms with Crippen molar-refractivity contribution in [3.63, 3.8) is 0 Å². The number of nitrogens with zero attached hydrogens (tertiary/aromatic N) is 2. The van der Waals surface area contributed by atoms with Gasteiger partial charge in [-0.1, -0.05) is 18.9 Å². The van der Waals surface area contributed by atoms with E-state index in [9.17, 15) is 5.11 Å². The van der Waals surface area contributed by atoms with Gasteiger partial charge in [0.15, 0.2) is 11.5 Å². The fourth-order valence-corrected chi connectivity index (χ4v) is 4.20. The molecule has 0 bridgehead atoms. The van der Waals surface area contributed by atoms with Crippen molar-refractivity contribution < 1.29 is 14.6 Å². The predicted molar refractivity (Wildman–Crippen MR) is 117 cm³/mol. The molecule has 3 rings (SSSR count). The van der Waals surface area contributed by atoms with Crippen LogP contribution in [0.25, 0.3) is 0 Å². The summed E-state index contributed by atoms with van der Waals surface area (Å²) in [7, 11) is 1.65. The van der Waals surface area contributed by atoms with E-state index in [4.69, 9.17) is 9.47 Å². The largest absolute Gasteiger partial charge is 0.493 e. The number of hydrogen-bond acceptors (Lipinski definition) is 7. The molecule has 1 atom stereocenters. The molecule has 2 N–H and O–H groups in total. The van der Waals surface area contributed by atoms with E-state index in [0.29, 0.717) is 18.0 Å².